The fourth-order valence-corrected chi connectivity index (χ4v) is 3.08. The SMILES string of the molecule is Cc1ccc(C(N)=S)c(OC2CCCc3ccccc32)c1. The lowest BCUT2D eigenvalue weighted by Gasteiger charge is -2.27. The number of thiocarbonyl (C=S) groups is 1. The third-order valence-electron chi connectivity index (χ3n) is 3.99. The second kappa shape index (κ2) is 5.86. The maximum absolute atomic E-state index is 6.29. The molecule has 2 aromatic carbocycles. The highest BCUT2D eigenvalue weighted by Crippen LogP contribution is 2.35. The summed E-state index contributed by atoms with van der Waals surface area (Å²) < 4.78 is 6.29. The first-order valence-corrected chi connectivity index (χ1v) is 7.71. The van der Waals surface area contributed by atoms with E-state index in [-0.39, 0.29) is 6.10 Å². The lowest BCUT2D eigenvalue weighted by molar-refractivity contribution is 0.183. The van der Waals surface area contributed by atoms with E-state index < -0.39 is 0 Å². The zero-order valence-corrected chi connectivity index (χ0v) is 13.0. The van der Waals surface area contributed by atoms with Crippen molar-refractivity contribution in [1.29, 1.82) is 0 Å². The molecule has 0 saturated carbocycles. The summed E-state index contributed by atoms with van der Waals surface area (Å²) in [6.07, 6.45) is 3.40. The highest BCUT2D eigenvalue weighted by atomic mass is 32.1. The van der Waals surface area contributed by atoms with E-state index in [9.17, 15) is 0 Å². The Hall–Kier alpha value is -1.87. The van der Waals surface area contributed by atoms with E-state index in [0.717, 1.165) is 36.1 Å². The van der Waals surface area contributed by atoms with E-state index in [4.69, 9.17) is 22.7 Å². The van der Waals surface area contributed by atoms with Crippen molar-refractivity contribution < 1.29 is 4.74 Å². The maximum atomic E-state index is 6.29. The van der Waals surface area contributed by atoms with Gasteiger partial charge >= 0.3 is 0 Å². The molecule has 108 valence electrons. The van der Waals surface area contributed by atoms with Gasteiger partial charge in [0.05, 0.1) is 5.56 Å². The van der Waals surface area contributed by atoms with E-state index in [1.807, 2.05) is 25.1 Å². The summed E-state index contributed by atoms with van der Waals surface area (Å²) in [5.74, 6) is 0.796. The molecular weight excluding hydrogens is 278 g/mol. The van der Waals surface area contributed by atoms with Crippen LogP contribution < -0.4 is 10.5 Å². The first-order chi connectivity index (χ1) is 10.1. The molecule has 0 bridgehead atoms. The average Bonchev–Trinajstić information content (AvgIpc) is 2.47. The van der Waals surface area contributed by atoms with Gasteiger partial charge in [-0.05, 0) is 55.0 Å². The fraction of sp³-hybridized carbons (Fsp3) is 0.278. The van der Waals surface area contributed by atoms with Crippen molar-refractivity contribution >= 4 is 17.2 Å². The van der Waals surface area contributed by atoms with Crippen LogP contribution in [0.5, 0.6) is 5.75 Å². The first kappa shape index (κ1) is 14.1. The van der Waals surface area contributed by atoms with E-state index >= 15 is 0 Å². The summed E-state index contributed by atoms with van der Waals surface area (Å²) in [5.41, 5.74) is 10.5. The fourth-order valence-electron chi connectivity index (χ4n) is 2.92. The first-order valence-electron chi connectivity index (χ1n) is 7.30. The monoisotopic (exact) mass is 297 g/mol. The Morgan fingerprint density at radius 2 is 2.05 bits per heavy atom. The third kappa shape index (κ3) is 2.93. The smallest absolute Gasteiger partial charge is 0.130 e. The minimum Gasteiger partial charge on any atom is -0.485 e. The number of hydrogen-bond donors (Lipinski definition) is 1. The average molecular weight is 297 g/mol. The van der Waals surface area contributed by atoms with Crippen molar-refractivity contribution in [3.63, 3.8) is 0 Å². The predicted molar refractivity (Wildman–Crippen MR) is 89.8 cm³/mol. The van der Waals surface area contributed by atoms with Crippen molar-refractivity contribution in [2.75, 3.05) is 0 Å². The molecule has 1 aliphatic rings. The Morgan fingerprint density at radius 1 is 1.24 bits per heavy atom. The van der Waals surface area contributed by atoms with E-state index in [0.29, 0.717) is 4.99 Å². The van der Waals surface area contributed by atoms with Crippen LogP contribution in [0.15, 0.2) is 42.5 Å². The third-order valence-corrected chi connectivity index (χ3v) is 4.21. The molecule has 0 aromatic heterocycles. The van der Waals surface area contributed by atoms with E-state index in [2.05, 4.69) is 24.3 Å². The molecule has 0 spiro atoms. The van der Waals surface area contributed by atoms with Gasteiger partial charge < -0.3 is 10.5 Å². The number of benzene rings is 2. The zero-order valence-electron chi connectivity index (χ0n) is 12.1. The molecule has 1 aliphatic carbocycles. The topological polar surface area (TPSA) is 35.2 Å². The zero-order chi connectivity index (χ0) is 14.8. The molecule has 21 heavy (non-hydrogen) atoms. The molecule has 2 nitrogen and oxygen atoms in total. The van der Waals surface area contributed by atoms with Gasteiger partial charge in [-0.15, -0.1) is 0 Å². The normalized spacial score (nSPS) is 17.1. The Bertz CT molecular complexity index is 681. The molecule has 0 heterocycles. The Balaban J connectivity index is 1.95. The molecule has 0 saturated heterocycles. The molecule has 2 N–H and O–H groups in total. The number of hydrogen-bond acceptors (Lipinski definition) is 2. The van der Waals surface area contributed by atoms with Crippen molar-refractivity contribution in [2.45, 2.75) is 32.3 Å². The van der Waals surface area contributed by atoms with Crippen molar-refractivity contribution in [3.05, 3.63) is 64.7 Å². The Morgan fingerprint density at radius 3 is 2.86 bits per heavy atom. The standard InChI is InChI=1S/C18H19NOS/c1-12-9-10-15(18(19)21)17(11-12)20-16-8-4-6-13-5-2-3-7-14(13)16/h2-3,5,7,9-11,16H,4,6,8H2,1H3,(H2,19,21). The van der Waals surface area contributed by atoms with Crippen LogP contribution in [0.4, 0.5) is 0 Å². The van der Waals surface area contributed by atoms with E-state index in [1.54, 1.807) is 0 Å². The molecule has 3 rings (SSSR count). The quantitative estimate of drug-likeness (QED) is 0.867. The second-order valence-corrected chi connectivity index (χ2v) is 6.00. The molecule has 0 aliphatic heterocycles. The predicted octanol–water partition coefficient (Wildman–Crippen LogP) is 4.09. The maximum Gasteiger partial charge on any atom is 0.130 e. The highest BCUT2D eigenvalue weighted by Gasteiger charge is 2.22. The Labute approximate surface area is 130 Å². The van der Waals surface area contributed by atoms with Gasteiger partial charge in [0, 0.05) is 0 Å². The summed E-state index contributed by atoms with van der Waals surface area (Å²) in [7, 11) is 0. The second-order valence-electron chi connectivity index (χ2n) is 5.56. The van der Waals surface area contributed by atoms with Crippen molar-refractivity contribution in [2.24, 2.45) is 5.73 Å². The summed E-state index contributed by atoms with van der Waals surface area (Å²) >= 11 is 5.14. The number of ether oxygens (including phenoxy) is 1. The molecule has 1 unspecified atom stereocenters. The van der Waals surface area contributed by atoms with Crippen LogP contribution in [-0.2, 0) is 6.42 Å². The minimum absolute atomic E-state index is 0.0878. The lowest BCUT2D eigenvalue weighted by atomic mass is 9.89. The molecule has 0 amide bonds. The van der Waals surface area contributed by atoms with Gasteiger partial charge in [0.1, 0.15) is 16.8 Å². The minimum atomic E-state index is 0.0878. The van der Waals surface area contributed by atoms with Crippen LogP contribution in [-0.4, -0.2) is 4.99 Å². The Kier molecular flexibility index (Phi) is 3.93. The van der Waals surface area contributed by atoms with Gasteiger partial charge in [-0.25, -0.2) is 0 Å². The molecule has 0 radical (unpaired) electrons. The van der Waals surface area contributed by atoms with Crippen LogP contribution in [0.3, 0.4) is 0 Å². The van der Waals surface area contributed by atoms with Crippen LogP contribution in [0.25, 0.3) is 0 Å². The van der Waals surface area contributed by atoms with Crippen LogP contribution in [0.2, 0.25) is 0 Å². The number of fused-ring (bicyclic) bond motifs is 1. The summed E-state index contributed by atoms with van der Waals surface area (Å²) in [4.78, 5) is 0.383. The van der Waals surface area contributed by atoms with Gasteiger partial charge in [-0.3, -0.25) is 0 Å². The summed E-state index contributed by atoms with van der Waals surface area (Å²) in [6, 6.07) is 14.5. The number of rotatable bonds is 3. The van der Waals surface area contributed by atoms with Gasteiger partial charge in [0.25, 0.3) is 0 Å². The highest BCUT2D eigenvalue weighted by molar-refractivity contribution is 7.80. The van der Waals surface area contributed by atoms with E-state index in [1.165, 1.54) is 11.1 Å². The summed E-state index contributed by atoms with van der Waals surface area (Å²) in [6.45, 7) is 2.05. The van der Waals surface area contributed by atoms with Crippen molar-refractivity contribution in [1.82, 2.24) is 0 Å². The molecule has 0 fully saturated rings. The molecule has 3 heteroatoms. The lowest BCUT2D eigenvalue weighted by Crippen LogP contribution is -2.18. The van der Waals surface area contributed by atoms with Gasteiger partial charge in [-0.1, -0.05) is 42.5 Å². The van der Waals surface area contributed by atoms with Gasteiger partial charge in [-0.2, -0.15) is 0 Å². The molecular formula is C18H19NOS. The van der Waals surface area contributed by atoms with Crippen molar-refractivity contribution in [3.8, 4) is 5.75 Å². The van der Waals surface area contributed by atoms with Crippen LogP contribution in [0.1, 0.15) is 41.2 Å². The number of aryl methyl sites for hydroxylation is 2. The molecule has 1 atom stereocenters. The van der Waals surface area contributed by atoms with Crippen LogP contribution in [0, 0.1) is 6.92 Å². The largest absolute Gasteiger partial charge is 0.485 e. The van der Waals surface area contributed by atoms with Gasteiger partial charge in [0.2, 0.25) is 0 Å². The summed E-state index contributed by atoms with van der Waals surface area (Å²) in [5, 5.41) is 0. The number of nitrogens with two attached hydrogens (primary N) is 1. The van der Waals surface area contributed by atoms with Crippen LogP contribution >= 0.6 is 12.2 Å². The van der Waals surface area contributed by atoms with Gasteiger partial charge in [0.15, 0.2) is 0 Å². The molecule has 2 aromatic rings.